The summed E-state index contributed by atoms with van der Waals surface area (Å²) in [7, 11) is -8.37. The highest BCUT2D eigenvalue weighted by Crippen LogP contribution is 2.28. The van der Waals surface area contributed by atoms with E-state index in [1.165, 1.54) is 31.3 Å². The molecule has 0 radical (unpaired) electrons. The minimum Gasteiger partial charge on any atom is -0.291 e. The fraction of sp³-hybridized carbons (Fsp3) is 0.308. The maximum absolute atomic E-state index is 13.2. The summed E-state index contributed by atoms with van der Waals surface area (Å²) < 4.78 is 54.6. The Hall–Kier alpha value is -2.86. The quantitative estimate of drug-likeness (QED) is 0.305. The van der Waals surface area contributed by atoms with Crippen molar-refractivity contribution in [2.45, 2.75) is 56.7 Å². The lowest BCUT2D eigenvalue weighted by Crippen LogP contribution is -2.36. The largest absolute Gasteiger partial charge is 0.291 e. The van der Waals surface area contributed by atoms with Crippen LogP contribution in [0.15, 0.2) is 69.7 Å². The summed E-state index contributed by atoms with van der Waals surface area (Å²) in [5.74, 6) is 0.746. The molecule has 0 spiro atoms. The van der Waals surface area contributed by atoms with Gasteiger partial charge < -0.3 is 0 Å². The van der Waals surface area contributed by atoms with Gasteiger partial charge in [-0.3, -0.25) is 9.36 Å². The van der Waals surface area contributed by atoms with Gasteiger partial charge in [-0.1, -0.05) is 55.8 Å². The van der Waals surface area contributed by atoms with Crippen molar-refractivity contribution in [1.82, 2.24) is 13.7 Å². The molecule has 1 N–H and O–H groups in total. The smallest absolute Gasteiger partial charge is 0.271 e. The second kappa shape index (κ2) is 10.9. The number of thiophene rings is 1. The molecule has 4 rings (SSSR count). The third kappa shape index (κ3) is 5.85. The Balaban J connectivity index is 1.68. The van der Waals surface area contributed by atoms with Gasteiger partial charge in [0.15, 0.2) is 0 Å². The van der Waals surface area contributed by atoms with Crippen LogP contribution in [0.4, 0.5) is 0 Å². The molecule has 8 nitrogen and oxygen atoms in total. The summed E-state index contributed by atoms with van der Waals surface area (Å²) in [6, 6.07) is 15.3. The summed E-state index contributed by atoms with van der Waals surface area (Å²) in [5, 5.41) is 0.969. The lowest BCUT2D eigenvalue weighted by atomic mass is 10.0. The molecular weight excluding hydrogens is 531 g/mol. The fourth-order valence-electron chi connectivity index (χ4n) is 3.88. The minimum atomic E-state index is -4.33. The summed E-state index contributed by atoms with van der Waals surface area (Å²) >= 11 is 1.38. The molecule has 196 valence electrons. The van der Waals surface area contributed by atoms with Crippen LogP contribution in [0.3, 0.4) is 0 Å². The molecule has 37 heavy (non-hydrogen) atoms. The van der Waals surface area contributed by atoms with Crippen molar-refractivity contribution in [1.29, 1.82) is 0 Å². The maximum atomic E-state index is 13.2. The second-order valence-electron chi connectivity index (χ2n) is 9.03. The van der Waals surface area contributed by atoms with E-state index in [0.717, 1.165) is 29.7 Å². The number of rotatable bonds is 10. The van der Waals surface area contributed by atoms with Crippen molar-refractivity contribution < 1.29 is 16.8 Å². The van der Waals surface area contributed by atoms with Gasteiger partial charge in [0, 0.05) is 12.0 Å². The van der Waals surface area contributed by atoms with Gasteiger partial charge in [-0.05, 0) is 48.9 Å². The molecule has 2 aromatic carbocycles. The number of nitrogens with zero attached hydrogens (tertiary/aromatic N) is 2. The van der Waals surface area contributed by atoms with Gasteiger partial charge in [0.2, 0.25) is 10.0 Å². The van der Waals surface area contributed by atoms with E-state index < -0.39 is 25.3 Å². The average molecular weight is 560 g/mol. The number of aromatic nitrogens is 2. The maximum Gasteiger partial charge on any atom is 0.271 e. The predicted molar refractivity (Wildman–Crippen MR) is 148 cm³/mol. The van der Waals surface area contributed by atoms with E-state index in [1.807, 2.05) is 27.7 Å². The first-order chi connectivity index (χ1) is 17.5. The van der Waals surface area contributed by atoms with Crippen LogP contribution in [-0.4, -0.2) is 31.6 Å². The van der Waals surface area contributed by atoms with Crippen molar-refractivity contribution in [3.63, 3.8) is 0 Å². The summed E-state index contributed by atoms with van der Waals surface area (Å²) in [5.41, 5.74) is 2.50. The third-order valence-corrected chi connectivity index (χ3v) is 10.9. The molecule has 0 amide bonds. The molecule has 2 aromatic heterocycles. The van der Waals surface area contributed by atoms with Crippen LogP contribution in [0.2, 0.25) is 0 Å². The van der Waals surface area contributed by atoms with E-state index in [1.54, 1.807) is 34.9 Å². The van der Waals surface area contributed by atoms with E-state index in [-0.39, 0.29) is 10.5 Å². The van der Waals surface area contributed by atoms with Gasteiger partial charge >= 0.3 is 0 Å². The highest BCUT2D eigenvalue weighted by molar-refractivity contribution is 8.05. The van der Waals surface area contributed by atoms with Crippen molar-refractivity contribution in [3.05, 3.63) is 81.7 Å². The van der Waals surface area contributed by atoms with Gasteiger partial charge in [0.1, 0.15) is 10.5 Å². The first kappa shape index (κ1) is 27.2. The van der Waals surface area contributed by atoms with Crippen LogP contribution in [0, 0.1) is 0 Å². The Bertz CT molecular complexity index is 1690. The van der Waals surface area contributed by atoms with Crippen molar-refractivity contribution in [2.75, 3.05) is 0 Å². The predicted octanol–water partition coefficient (Wildman–Crippen LogP) is 4.53. The summed E-state index contributed by atoms with van der Waals surface area (Å²) in [4.78, 5) is 17.8. The molecule has 0 aliphatic carbocycles. The van der Waals surface area contributed by atoms with Gasteiger partial charge in [-0.25, -0.2) is 21.8 Å². The van der Waals surface area contributed by atoms with Gasteiger partial charge in [0.05, 0.1) is 22.2 Å². The Kier molecular flexibility index (Phi) is 7.98. The Morgan fingerprint density at radius 2 is 1.70 bits per heavy atom. The molecule has 0 saturated carbocycles. The van der Waals surface area contributed by atoms with E-state index in [2.05, 4.69) is 6.92 Å². The monoisotopic (exact) mass is 559 g/mol. The number of benzene rings is 2. The number of hydrogen-bond acceptors (Lipinski definition) is 7. The Labute approximate surface area is 221 Å². The fourth-order valence-corrected chi connectivity index (χ4v) is 7.75. The number of unbranched alkanes of at least 4 members (excludes halogenated alkanes) is 1. The van der Waals surface area contributed by atoms with E-state index in [9.17, 15) is 21.6 Å². The molecule has 4 aromatic rings. The van der Waals surface area contributed by atoms with Crippen molar-refractivity contribution in [2.24, 2.45) is 0 Å². The molecule has 0 aliphatic heterocycles. The number of aryl methyl sites for hydroxylation is 1. The van der Waals surface area contributed by atoms with Crippen LogP contribution < -0.4 is 9.69 Å². The number of fused-ring (bicyclic) bond motifs is 1. The van der Waals surface area contributed by atoms with E-state index in [0.29, 0.717) is 28.8 Å². The highest BCUT2D eigenvalue weighted by atomic mass is 32.3. The first-order valence-corrected chi connectivity index (χ1v) is 15.9. The van der Waals surface area contributed by atoms with Crippen LogP contribution in [0.25, 0.3) is 21.3 Å². The van der Waals surface area contributed by atoms with Crippen LogP contribution in [0.1, 0.15) is 45.0 Å². The normalized spacial score (nSPS) is 12.4. The zero-order valence-electron chi connectivity index (χ0n) is 20.8. The molecule has 0 aliphatic rings. The zero-order chi connectivity index (χ0) is 26.8. The summed E-state index contributed by atoms with van der Waals surface area (Å²) in [6.45, 7) is 5.25. The highest BCUT2D eigenvalue weighted by Gasteiger charge is 2.27. The molecular formula is C26H29N3O5S3. The van der Waals surface area contributed by atoms with Crippen molar-refractivity contribution >= 4 is 41.6 Å². The lowest BCUT2D eigenvalue weighted by Gasteiger charge is -2.15. The molecule has 0 atom stereocenters. The van der Waals surface area contributed by atoms with Gasteiger partial charge in [-0.15, -0.1) is 15.5 Å². The molecule has 0 bridgehead atoms. The van der Waals surface area contributed by atoms with Gasteiger partial charge in [-0.2, -0.15) is 0 Å². The average Bonchev–Trinajstić information content (AvgIpc) is 3.33. The molecule has 11 heteroatoms. The van der Waals surface area contributed by atoms with E-state index in [4.69, 9.17) is 4.98 Å². The molecule has 2 heterocycles. The molecule has 0 fully saturated rings. The van der Waals surface area contributed by atoms with Crippen LogP contribution in [-0.2, 0) is 33.0 Å². The zero-order valence-corrected chi connectivity index (χ0v) is 23.3. The number of nitrogens with one attached hydrogen (secondary N) is 1. The number of sulfonamides is 2. The first-order valence-electron chi connectivity index (χ1n) is 12.0. The number of hydrogen-bond donors (Lipinski definition) is 1. The van der Waals surface area contributed by atoms with E-state index >= 15 is 0 Å². The van der Waals surface area contributed by atoms with Crippen LogP contribution >= 0.6 is 11.3 Å². The van der Waals surface area contributed by atoms with Crippen molar-refractivity contribution in [3.8, 4) is 11.1 Å². The molecule has 0 unspecified atom stereocenters. The standard InChI is InChI=1S/C26H29N3O5S3/c1-4-5-10-24-27-22-15-16-35-25(22)26(30)29(24)17-19-11-13-20(14-12-19)21-8-6-7-9-23(21)37(33,34)28-36(31,32)18(2)3/h6-9,11-16,18,28H,4-5,10,17H2,1-3H3. The Morgan fingerprint density at radius 1 is 1.00 bits per heavy atom. The Morgan fingerprint density at radius 3 is 2.38 bits per heavy atom. The SMILES string of the molecule is CCCCc1nc2ccsc2c(=O)n1Cc1ccc(-c2ccccc2S(=O)(=O)NS(=O)(=O)C(C)C)cc1. The third-order valence-electron chi connectivity index (χ3n) is 6.03. The summed E-state index contributed by atoms with van der Waals surface area (Å²) in [6.07, 6.45) is 2.61. The lowest BCUT2D eigenvalue weighted by molar-refractivity contribution is 0.571. The minimum absolute atomic E-state index is 0.0657. The second-order valence-corrected chi connectivity index (χ2v) is 14.1. The molecule has 0 saturated heterocycles. The van der Waals surface area contributed by atoms with Gasteiger partial charge in [0.25, 0.3) is 15.6 Å². The topological polar surface area (TPSA) is 115 Å². The van der Waals surface area contributed by atoms with Crippen LogP contribution in [0.5, 0.6) is 0 Å².